The summed E-state index contributed by atoms with van der Waals surface area (Å²) in [4.78, 5) is 36.9. The van der Waals surface area contributed by atoms with E-state index in [4.69, 9.17) is 0 Å². The smallest absolute Gasteiger partial charge is 0.253 e. The monoisotopic (exact) mass is 489 g/mol. The van der Waals surface area contributed by atoms with E-state index >= 15 is 0 Å². The Morgan fingerprint density at radius 2 is 1.91 bits per heavy atom. The van der Waals surface area contributed by atoms with Gasteiger partial charge in [-0.3, -0.25) is 9.59 Å². The Morgan fingerprint density at radius 1 is 1.09 bits per heavy atom. The number of hydrogen-bond donors (Lipinski definition) is 2. The Hall–Kier alpha value is -3.27. The van der Waals surface area contributed by atoms with Crippen molar-refractivity contribution in [3.8, 4) is 0 Å². The van der Waals surface area contributed by atoms with Crippen LogP contribution in [0.15, 0.2) is 69.9 Å². The molecular weight excluding hydrogens is 466 g/mol. The van der Waals surface area contributed by atoms with E-state index in [1.165, 1.54) is 23.1 Å². The summed E-state index contributed by atoms with van der Waals surface area (Å²) in [5, 5.41) is 8.31. The van der Waals surface area contributed by atoms with Gasteiger partial charge in [0, 0.05) is 47.6 Å². The second-order valence-corrected chi connectivity index (χ2v) is 10.3. The molecule has 0 bridgehead atoms. The largest absolute Gasteiger partial charge is 0.336 e. The number of amides is 1. The van der Waals surface area contributed by atoms with Crippen LogP contribution in [-0.2, 0) is 0 Å². The van der Waals surface area contributed by atoms with Gasteiger partial charge in [-0.1, -0.05) is 41.3 Å². The second kappa shape index (κ2) is 9.92. The van der Waals surface area contributed by atoms with E-state index < -0.39 is 0 Å². The first-order chi connectivity index (χ1) is 16.6. The standard InChI is InChI=1S/C25H23N5O2S2/c1-16(31)19-8-6-18(24(32)30-12-10-26-11-13-30)14-21(19)33-23-15-27-25(34-23)29-22-9-7-17-4-2-3-5-20(17)28-22/h2-9,14-15,26H,10-13H2,1H3,(H,27,28,29). The average Bonchev–Trinajstić information content (AvgIpc) is 3.30. The van der Waals surface area contributed by atoms with E-state index in [2.05, 4.69) is 20.6 Å². The molecule has 1 fully saturated rings. The fourth-order valence-corrected chi connectivity index (χ4v) is 5.86. The average molecular weight is 490 g/mol. The summed E-state index contributed by atoms with van der Waals surface area (Å²) in [6, 6.07) is 17.2. The highest BCUT2D eigenvalue weighted by molar-refractivity contribution is 8.01. The highest BCUT2D eigenvalue weighted by Gasteiger charge is 2.20. The third kappa shape index (κ3) is 4.96. The summed E-state index contributed by atoms with van der Waals surface area (Å²) in [5.74, 6) is 0.678. The maximum atomic E-state index is 13.0. The van der Waals surface area contributed by atoms with Crippen molar-refractivity contribution in [1.29, 1.82) is 0 Å². The molecule has 172 valence electrons. The second-order valence-electron chi connectivity index (χ2n) is 7.91. The molecule has 4 aromatic rings. The molecule has 9 heteroatoms. The van der Waals surface area contributed by atoms with Gasteiger partial charge in [0.15, 0.2) is 10.9 Å². The highest BCUT2D eigenvalue weighted by Crippen LogP contribution is 2.37. The highest BCUT2D eigenvalue weighted by atomic mass is 32.2. The van der Waals surface area contributed by atoms with Crippen LogP contribution in [0.2, 0.25) is 0 Å². The van der Waals surface area contributed by atoms with E-state index in [-0.39, 0.29) is 11.7 Å². The minimum Gasteiger partial charge on any atom is -0.336 e. The number of Topliss-reactive ketones (excluding diaryl/α,β-unsaturated/α-hetero) is 1. The predicted molar refractivity (Wildman–Crippen MR) is 136 cm³/mol. The number of para-hydroxylation sites is 1. The fourth-order valence-electron chi connectivity index (χ4n) is 3.80. The summed E-state index contributed by atoms with van der Waals surface area (Å²) in [7, 11) is 0. The van der Waals surface area contributed by atoms with Gasteiger partial charge in [0.25, 0.3) is 5.91 Å². The molecule has 2 aromatic heterocycles. The van der Waals surface area contributed by atoms with Gasteiger partial charge in [-0.15, -0.1) is 0 Å². The molecule has 5 rings (SSSR count). The SMILES string of the molecule is CC(=O)c1ccc(C(=O)N2CCNCC2)cc1Sc1cnc(Nc2ccc3ccccc3n2)s1. The molecule has 0 aliphatic carbocycles. The molecule has 1 aliphatic rings. The summed E-state index contributed by atoms with van der Waals surface area (Å²) in [6.07, 6.45) is 1.77. The third-order valence-corrected chi connectivity index (χ3v) is 7.61. The van der Waals surface area contributed by atoms with Crippen LogP contribution in [0.4, 0.5) is 10.9 Å². The summed E-state index contributed by atoms with van der Waals surface area (Å²) in [6.45, 7) is 4.50. The van der Waals surface area contributed by atoms with Crippen LogP contribution in [0.5, 0.6) is 0 Å². The van der Waals surface area contributed by atoms with Crippen molar-refractivity contribution in [2.75, 3.05) is 31.5 Å². The van der Waals surface area contributed by atoms with Gasteiger partial charge in [-0.05, 0) is 43.3 Å². The van der Waals surface area contributed by atoms with E-state index in [1.54, 1.807) is 25.3 Å². The Labute approximate surface area is 205 Å². The molecule has 2 aromatic carbocycles. The maximum absolute atomic E-state index is 13.0. The zero-order valence-corrected chi connectivity index (χ0v) is 20.2. The molecule has 7 nitrogen and oxygen atoms in total. The molecule has 1 amide bonds. The molecule has 3 heterocycles. The van der Waals surface area contributed by atoms with Crippen LogP contribution >= 0.6 is 23.1 Å². The van der Waals surface area contributed by atoms with Gasteiger partial charge in [0.1, 0.15) is 5.82 Å². The number of pyridine rings is 1. The van der Waals surface area contributed by atoms with Gasteiger partial charge in [0.05, 0.1) is 15.9 Å². The zero-order chi connectivity index (χ0) is 23.5. The number of rotatable bonds is 6. The van der Waals surface area contributed by atoms with Crippen LogP contribution in [0, 0.1) is 0 Å². The number of fused-ring (bicyclic) bond motifs is 1. The number of benzene rings is 2. The molecule has 1 aliphatic heterocycles. The number of hydrogen-bond acceptors (Lipinski definition) is 8. The topological polar surface area (TPSA) is 87.2 Å². The van der Waals surface area contributed by atoms with E-state index in [9.17, 15) is 9.59 Å². The van der Waals surface area contributed by atoms with Crippen LogP contribution < -0.4 is 10.6 Å². The van der Waals surface area contributed by atoms with Gasteiger partial charge in [-0.25, -0.2) is 9.97 Å². The molecule has 0 spiro atoms. The van der Waals surface area contributed by atoms with Crippen molar-refractivity contribution in [1.82, 2.24) is 20.2 Å². The van der Waals surface area contributed by atoms with Gasteiger partial charge >= 0.3 is 0 Å². The fraction of sp³-hybridized carbons (Fsp3) is 0.200. The first-order valence-corrected chi connectivity index (χ1v) is 12.6. The number of aromatic nitrogens is 2. The van der Waals surface area contributed by atoms with Crippen LogP contribution in [0.25, 0.3) is 10.9 Å². The van der Waals surface area contributed by atoms with Gasteiger partial charge in [-0.2, -0.15) is 0 Å². The van der Waals surface area contributed by atoms with E-state index in [1.807, 2.05) is 47.4 Å². The molecule has 2 N–H and O–H groups in total. The third-order valence-electron chi connectivity index (χ3n) is 5.54. The van der Waals surface area contributed by atoms with E-state index in [0.717, 1.165) is 38.9 Å². The van der Waals surface area contributed by atoms with Gasteiger partial charge < -0.3 is 15.5 Å². The molecule has 0 saturated carbocycles. The number of ketones is 1. The van der Waals surface area contributed by atoms with Crippen molar-refractivity contribution < 1.29 is 9.59 Å². The number of anilines is 2. The van der Waals surface area contributed by atoms with Crippen molar-refractivity contribution in [2.45, 2.75) is 16.0 Å². The number of carbonyl (C=O) groups excluding carboxylic acids is 2. The van der Waals surface area contributed by atoms with Crippen LogP contribution in [0.1, 0.15) is 27.6 Å². The number of piperazine rings is 1. The lowest BCUT2D eigenvalue weighted by atomic mass is 10.1. The summed E-state index contributed by atoms with van der Waals surface area (Å²) in [5.41, 5.74) is 2.11. The minimum atomic E-state index is -0.0353. The maximum Gasteiger partial charge on any atom is 0.253 e. The Kier molecular flexibility index (Phi) is 6.57. The molecule has 0 atom stereocenters. The number of nitrogens with zero attached hydrogens (tertiary/aromatic N) is 3. The van der Waals surface area contributed by atoms with Crippen molar-refractivity contribution in [3.63, 3.8) is 0 Å². The normalized spacial score (nSPS) is 13.7. The molecular formula is C25H23N5O2S2. The van der Waals surface area contributed by atoms with Crippen molar-refractivity contribution in [3.05, 3.63) is 71.9 Å². The van der Waals surface area contributed by atoms with Crippen LogP contribution in [-0.4, -0.2) is 52.7 Å². The molecule has 34 heavy (non-hydrogen) atoms. The molecule has 0 unspecified atom stereocenters. The number of carbonyl (C=O) groups is 2. The summed E-state index contributed by atoms with van der Waals surface area (Å²) >= 11 is 2.92. The first kappa shape index (κ1) is 22.5. The summed E-state index contributed by atoms with van der Waals surface area (Å²) < 4.78 is 0.914. The number of thiazole rings is 1. The first-order valence-electron chi connectivity index (χ1n) is 11.0. The molecule has 1 saturated heterocycles. The van der Waals surface area contributed by atoms with Crippen molar-refractivity contribution in [2.24, 2.45) is 0 Å². The number of nitrogens with one attached hydrogen (secondary N) is 2. The lowest BCUT2D eigenvalue weighted by Crippen LogP contribution is -2.46. The lowest BCUT2D eigenvalue weighted by Gasteiger charge is -2.27. The van der Waals surface area contributed by atoms with Crippen LogP contribution in [0.3, 0.4) is 0 Å². The Morgan fingerprint density at radius 3 is 2.74 bits per heavy atom. The minimum absolute atomic E-state index is 0.00695. The lowest BCUT2D eigenvalue weighted by molar-refractivity contribution is 0.0735. The predicted octanol–water partition coefficient (Wildman–Crippen LogP) is 4.83. The zero-order valence-electron chi connectivity index (χ0n) is 18.6. The quantitative estimate of drug-likeness (QED) is 0.375. The van der Waals surface area contributed by atoms with E-state index in [0.29, 0.717) is 29.3 Å². The molecule has 0 radical (unpaired) electrons. The van der Waals surface area contributed by atoms with Gasteiger partial charge in [0.2, 0.25) is 0 Å². The Bertz CT molecular complexity index is 1360. The van der Waals surface area contributed by atoms with Crippen molar-refractivity contribution >= 4 is 56.6 Å². The Balaban J connectivity index is 1.35.